The van der Waals surface area contributed by atoms with Crippen LogP contribution in [0.2, 0.25) is 10.0 Å². The maximum Gasteiger partial charge on any atom is 0.309 e. The molecule has 35 heavy (non-hydrogen) atoms. The van der Waals surface area contributed by atoms with Crippen molar-refractivity contribution in [2.24, 2.45) is 0 Å². The Balaban J connectivity index is 2.32. The summed E-state index contributed by atoms with van der Waals surface area (Å²) in [6, 6.07) is 10.4. The van der Waals surface area contributed by atoms with Crippen LogP contribution in [0.25, 0.3) is 0 Å². The van der Waals surface area contributed by atoms with Crippen LogP contribution in [0.3, 0.4) is 0 Å². The van der Waals surface area contributed by atoms with Crippen molar-refractivity contribution >= 4 is 54.9 Å². The molecular weight excluding hydrogens is 537 g/mol. The molecule has 8 nitrogen and oxygen atoms in total. The van der Waals surface area contributed by atoms with E-state index >= 15 is 0 Å². The summed E-state index contributed by atoms with van der Waals surface area (Å²) in [7, 11) is -7.71. The fourth-order valence-corrected chi connectivity index (χ4v) is 5.47. The van der Waals surface area contributed by atoms with Gasteiger partial charge in [-0.25, -0.2) is 0 Å². The van der Waals surface area contributed by atoms with E-state index in [1.165, 1.54) is 30.3 Å². The van der Waals surface area contributed by atoms with E-state index in [4.69, 9.17) is 37.0 Å². The molecule has 0 aromatic heterocycles. The van der Waals surface area contributed by atoms with Crippen LogP contribution in [0.1, 0.15) is 54.9 Å². The predicted molar refractivity (Wildman–Crippen MR) is 137 cm³/mol. The number of para-hydroxylation sites is 1. The standard InChI is InChI=1S/C23H27Cl2NO7S2/c1-3-11-34(28,29)32-15-18(16-9-10-19(24)20(25)13-16)21(26)14-22(27)17-7-5-6-8-23(17)33-35(30,31)12-4-2/h5-10,13,18,26H,3-4,11-12,14-15H2,1-2H3. The van der Waals surface area contributed by atoms with Gasteiger partial charge in [-0.05, 0) is 42.7 Å². The van der Waals surface area contributed by atoms with Crippen molar-refractivity contribution < 1.29 is 30.0 Å². The molecule has 2 rings (SSSR count). The molecule has 0 fully saturated rings. The average Bonchev–Trinajstić information content (AvgIpc) is 2.76. The molecule has 192 valence electrons. The Kier molecular flexibility index (Phi) is 10.7. The fourth-order valence-electron chi connectivity index (χ4n) is 3.20. The summed E-state index contributed by atoms with van der Waals surface area (Å²) in [4.78, 5) is 13.1. The van der Waals surface area contributed by atoms with Gasteiger partial charge in [-0.15, -0.1) is 0 Å². The Morgan fingerprint density at radius 2 is 1.57 bits per heavy atom. The number of nitrogens with one attached hydrogen (secondary N) is 1. The summed E-state index contributed by atoms with van der Waals surface area (Å²) in [6.45, 7) is 2.97. The summed E-state index contributed by atoms with van der Waals surface area (Å²) in [6.07, 6.45) is 0.263. The third-order valence-corrected chi connectivity index (χ3v) is 8.33. The van der Waals surface area contributed by atoms with E-state index in [1.807, 2.05) is 0 Å². The zero-order valence-corrected chi connectivity index (χ0v) is 22.4. The third kappa shape index (κ3) is 8.88. The van der Waals surface area contributed by atoms with E-state index < -0.39 is 45.0 Å². The molecule has 2 aromatic carbocycles. The summed E-state index contributed by atoms with van der Waals surface area (Å²) < 4.78 is 58.7. The van der Waals surface area contributed by atoms with Gasteiger partial charge in [0.25, 0.3) is 10.1 Å². The van der Waals surface area contributed by atoms with E-state index in [-0.39, 0.29) is 38.6 Å². The highest BCUT2D eigenvalue weighted by Gasteiger charge is 2.26. The zero-order chi connectivity index (χ0) is 26.2. The molecular formula is C23H27Cl2NO7S2. The monoisotopic (exact) mass is 563 g/mol. The topological polar surface area (TPSA) is 128 Å². The molecule has 0 bridgehead atoms. The summed E-state index contributed by atoms with van der Waals surface area (Å²) >= 11 is 12.1. The van der Waals surface area contributed by atoms with Crippen LogP contribution >= 0.6 is 23.2 Å². The molecule has 0 spiro atoms. The van der Waals surface area contributed by atoms with Gasteiger partial charge < -0.3 is 9.59 Å². The van der Waals surface area contributed by atoms with Gasteiger partial charge in [0.2, 0.25) is 0 Å². The molecule has 0 aliphatic rings. The number of Topliss-reactive ketones (excluding diaryl/α,β-unsaturated/α-hetero) is 1. The number of rotatable bonds is 14. The van der Waals surface area contributed by atoms with E-state index in [0.29, 0.717) is 18.4 Å². The average molecular weight is 565 g/mol. The van der Waals surface area contributed by atoms with Gasteiger partial charge in [0, 0.05) is 18.1 Å². The second kappa shape index (κ2) is 12.8. The van der Waals surface area contributed by atoms with Gasteiger partial charge in [-0.3, -0.25) is 8.98 Å². The number of halogens is 2. The van der Waals surface area contributed by atoms with Crippen LogP contribution in [0.4, 0.5) is 0 Å². The quantitative estimate of drug-likeness (QED) is 0.189. The van der Waals surface area contributed by atoms with E-state index in [9.17, 15) is 21.6 Å². The number of carbonyl (C=O) groups excluding carboxylic acids is 1. The van der Waals surface area contributed by atoms with Gasteiger partial charge in [-0.1, -0.05) is 55.2 Å². The highest BCUT2D eigenvalue weighted by molar-refractivity contribution is 7.87. The maximum absolute atomic E-state index is 13.1. The van der Waals surface area contributed by atoms with Crippen molar-refractivity contribution in [2.45, 2.75) is 39.0 Å². The second-order valence-corrected chi connectivity index (χ2v) is 12.0. The molecule has 1 unspecified atom stereocenters. The number of hydrogen-bond donors (Lipinski definition) is 1. The van der Waals surface area contributed by atoms with Crippen LogP contribution in [0, 0.1) is 5.41 Å². The zero-order valence-electron chi connectivity index (χ0n) is 19.3. The molecule has 0 heterocycles. The maximum atomic E-state index is 13.1. The lowest BCUT2D eigenvalue weighted by atomic mass is 9.90. The van der Waals surface area contributed by atoms with Gasteiger partial charge in [-0.2, -0.15) is 16.8 Å². The van der Waals surface area contributed by atoms with E-state index in [0.717, 1.165) is 0 Å². The first-order valence-corrected chi connectivity index (χ1v) is 14.7. The van der Waals surface area contributed by atoms with Gasteiger partial charge in [0.1, 0.15) is 0 Å². The smallest absolute Gasteiger partial charge is 0.309 e. The first-order valence-electron chi connectivity index (χ1n) is 10.8. The van der Waals surface area contributed by atoms with Crippen molar-refractivity contribution in [3.05, 3.63) is 63.6 Å². The van der Waals surface area contributed by atoms with Gasteiger partial charge in [0.15, 0.2) is 11.5 Å². The molecule has 2 aromatic rings. The number of carbonyl (C=O) groups is 1. The molecule has 0 amide bonds. The SMILES string of the molecule is CCCS(=O)(=O)OCC(C(=N)CC(=O)c1ccccc1OS(=O)(=O)CCC)c1ccc(Cl)c(Cl)c1. The Hall–Kier alpha value is -1.98. The molecule has 0 aliphatic heterocycles. The largest absolute Gasteiger partial charge is 0.382 e. The first-order chi connectivity index (χ1) is 16.4. The number of ketones is 1. The van der Waals surface area contributed by atoms with Crippen molar-refractivity contribution in [3.8, 4) is 5.75 Å². The lowest BCUT2D eigenvalue weighted by molar-refractivity contribution is 0.0998. The van der Waals surface area contributed by atoms with Crippen LogP contribution in [-0.4, -0.2) is 46.4 Å². The van der Waals surface area contributed by atoms with Crippen molar-refractivity contribution in [1.29, 1.82) is 5.41 Å². The van der Waals surface area contributed by atoms with Crippen LogP contribution in [0.5, 0.6) is 5.75 Å². The van der Waals surface area contributed by atoms with Gasteiger partial charge >= 0.3 is 10.1 Å². The molecule has 1 N–H and O–H groups in total. The lowest BCUT2D eigenvalue weighted by Gasteiger charge is -2.19. The van der Waals surface area contributed by atoms with Crippen molar-refractivity contribution in [3.63, 3.8) is 0 Å². The Morgan fingerprint density at radius 3 is 2.20 bits per heavy atom. The third-order valence-electron chi connectivity index (χ3n) is 4.84. The van der Waals surface area contributed by atoms with Crippen LogP contribution in [0.15, 0.2) is 42.5 Å². The minimum atomic E-state index is -3.89. The van der Waals surface area contributed by atoms with Gasteiger partial charge in [0.05, 0.1) is 33.7 Å². The summed E-state index contributed by atoms with van der Waals surface area (Å²) in [5.41, 5.74) is 0.287. The molecule has 0 aliphatic carbocycles. The van der Waals surface area contributed by atoms with E-state index in [1.54, 1.807) is 26.0 Å². The second-order valence-electron chi connectivity index (χ2n) is 7.74. The first kappa shape index (κ1) is 29.3. The highest BCUT2D eigenvalue weighted by atomic mass is 35.5. The Morgan fingerprint density at radius 1 is 0.943 bits per heavy atom. The number of hydrogen-bond acceptors (Lipinski definition) is 8. The normalized spacial score (nSPS) is 12.8. The molecule has 0 saturated heterocycles. The van der Waals surface area contributed by atoms with Crippen molar-refractivity contribution in [1.82, 2.24) is 0 Å². The summed E-state index contributed by atoms with van der Waals surface area (Å²) in [5, 5.41) is 9.06. The van der Waals surface area contributed by atoms with Crippen molar-refractivity contribution in [2.75, 3.05) is 18.1 Å². The minimum Gasteiger partial charge on any atom is -0.382 e. The lowest BCUT2D eigenvalue weighted by Crippen LogP contribution is -2.24. The van der Waals surface area contributed by atoms with E-state index in [2.05, 4.69) is 0 Å². The number of benzene rings is 2. The molecule has 0 radical (unpaired) electrons. The molecule has 12 heteroatoms. The Labute approximate surface area is 216 Å². The highest BCUT2D eigenvalue weighted by Crippen LogP contribution is 2.30. The molecule has 1 atom stereocenters. The Bertz CT molecular complexity index is 1280. The van der Waals surface area contributed by atoms with Crippen LogP contribution in [-0.2, 0) is 24.4 Å². The fraction of sp³-hybridized carbons (Fsp3) is 0.391. The summed E-state index contributed by atoms with van der Waals surface area (Å²) in [5.74, 6) is -2.03. The predicted octanol–water partition coefficient (Wildman–Crippen LogP) is 5.24. The van der Waals surface area contributed by atoms with Crippen LogP contribution < -0.4 is 4.18 Å². The minimum absolute atomic E-state index is 0.00987. The molecule has 0 saturated carbocycles.